The van der Waals surface area contributed by atoms with Gasteiger partial charge in [0.2, 0.25) is 0 Å². The Morgan fingerprint density at radius 3 is 2.38 bits per heavy atom. The van der Waals surface area contributed by atoms with Gasteiger partial charge in [-0.2, -0.15) is 0 Å². The Balaban J connectivity index is 1.41. The normalized spacial score (nSPS) is 27.0. The quantitative estimate of drug-likeness (QED) is 0.837. The molecule has 1 saturated heterocycles. The second-order valence-corrected chi connectivity index (χ2v) is 7.67. The predicted molar refractivity (Wildman–Crippen MR) is 89.6 cm³/mol. The zero-order chi connectivity index (χ0) is 14.7. The lowest BCUT2D eigenvalue weighted by molar-refractivity contribution is 0.0943. The molecule has 1 atom stereocenters. The Hall–Kier alpha value is -0.860. The van der Waals surface area contributed by atoms with Crippen LogP contribution in [0.3, 0.4) is 0 Å². The second kappa shape index (κ2) is 6.50. The molecule has 21 heavy (non-hydrogen) atoms. The Labute approximate surface area is 130 Å². The number of rotatable bonds is 4. The Bertz CT molecular complexity index is 432. The standard InChI is InChI=1S/C19H30N2/c1-19(2)10-8-18(16-19)21-14-12-20(13-15-21)11-9-17-6-4-3-5-7-17/h3-7,18H,8-16H2,1-2H3. The van der Waals surface area contributed by atoms with Gasteiger partial charge in [-0.3, -0.25) is 4.90 Å². The second-order valence-electron chi connectivity index (χ2n) is 7.67. The van der Waals surface area contributed by atoms with Crippen LogP contribution < -0.4 is 0 Å². The van der Waals surface area contributed by atoms with Gasteiger partial charge in [0.1, 0.15) is 0 Å². The first-order valence-corrected chi connectivity index (χ1v) is 8.63. The van der Waals surface area contributed by atoms with Crippen molar-refractivity contribution in [1.29, 1.82) is 0 Å². The number of nitrogens with zero attached hydrogens (tertiary/aromatic N) is 2. The van der Waals surface area contributed by atoms with Crippen LogP contribution >= 0.6 is 0 Å². The summed E-state index contributed by atoms with van der Waals surface area (Å²) in [6.45, 7) is 11.1. The third-order valence-electron chi connectivity index (χ3n) is 5.43. The average molecular weight is 286 g/mol. The van der Waals surface area contributed by atoms with Crippen molar-refractivity contribution in [1.82, 2.24) is 9.80 Å². The van der Waals surface area contributed by atoms with Gasteiger partial charge in [0.25, 0.3) is 0 Å². The van der Waals surface area contributed by atoms with Crippen LogP contribution in [0.1, 0.15) is 38.7 Å². The van der Waals surface area contributed by atoms with E-state index < -0.39 is 0 Å². The maximum atomic E-state index is 2.76. The summed E-state index contributed by atoms with van der Waals surface area (Å²) in [6, 6.07) is 11.7. The number of hydrogen-bond acceptors (Lipinski definition) is 2. The molecular weight excluding hydrogens is 256 g/mol. The fourth-order valence-corrected chi connectivity index (χ4v) is 3.99. The van der Waals surface area contributed by atoms with Crippen molar-refractivity contribution in [2.45, 2.75) is 45.6 Å². The lowest BCUT2D eigenvalue weighted by Gasteiger charge is -2.38. The van der Waals surface area contributed by atoms with Gasteiger partial charge in [-0.15, -0.1) is 0 Å². The summed E-state index contributed by atoms with van der Waals surface area (Å²) in [7, 11) is 0. The van der Waals surface area contributed by atoms with Crippen molar-refractivity contribution >= 4 is 0 Å². The van der Waals surface area contributed by atoms with Gasteiger partial charge in [0.15, 0.2) is 0 Å². The summed E-state index contributed by atoms with van der Waals surface area (Å²) < 4.78 is 0. The van der Waals surface area contributed by atoms with E-state index in [1.54, 1.807) is 0 Å². The third-order valence-corrected chi connectivity index (χ3v) is 5.43. The number of benzene rings is 1. The van der Waals surface area contributed by atoms with Gasteiger partial charge >= 0.3 is 0 Å². The van der Waals surface area contributed by atoms with E-state index in [9.17, 15) is 0 Å². The van der Waals surface area contributed by atoms with Crippen LogP contribution in [0.5, 0.6) is 0 Å². The average Bonchev–Trinajstić information content (AvgIpc) is 2.87. The summed E-state index contributed by atoms with van der Waals surface area (Å²) in [6.07, 6.45) is 5.41. The van der Waals surface area contributed by atoms with E-state index in [1.165, 1.54) is 64.0 Å². The molecule has 0 bridgehead atoms. The van der Waals surface area contributed by atoms with E-state index in [2.05, 4.69) is 54.0 Å². The Kier molecular flexibility index (Phi) is 4.66. The van der Waals surface area contributed by atoms with Gasteiger partial charge in [-0.25, -0.2) is 0 Å². The van der Waals surface area contributed by atoms with Gasteiger partial charge < -0.3 is 4.90 Å². The minimum absolute atomic E-state index is 0.578. The molecule has 1 aromatic rings. The minimum Gasteiger partial charge on any atom is -0.300 e. The van der Waals surface area contributed by atoms with E-state index in [1.807, 2.05) is 0 Å². The molecule has 1 aliphatic carbocycles. The van der Waals surface area contributed by atoms with E-state index in [0.29, 0.717) is 5.41 Å². The number of piperazine rings is 1. The smallest absolute Gasteiger partial charge is 0.0113 e. The van der Waals surface area contributed by atoms with Gasteiger partial charge in [-0.1, -0.05) is 44.2 Å². The lowest BCUT2D eigenvalue weighted by atomic mass is 9.91. The molecule has 0 spiro atoms. The largest absolute Gasteiger partial charge is 0.300 e. The van der Waals surface area contributed by atoms with Crippen LogP contribution in [-0.2, 0) is 6.42 Å². The highest BCUT2D eigenvalue weighted by molar-refractivity contribution is 5.14. The molecule has 1 aromatic carbocycles. The Morgan fingerprint density at radius 2 is 1.76 bits per heavy atom. The zero-order valence-corrected chi connectivity index (χ0v) is 13.7. The first-order chi connectivity index (χ1) is 10.1. The molecule has 0 radical (unpaired) electrons. The highest BCUT2D eigenvalue weighted by atomic mass is 15.3. The topological polar surface area (TPSA) is 6.48 Å². The van der Waals surface area contributed by atoms with Crippen LogP contribution in [-0.4, -0.2) is 48.6 Å². The highest BCUT2D eigenvalue weighted by Crippen LogP contribution is 2.39. The minimum atomic E-state index is 0.578. The molecule has 2 heteroatoms. The van der Waals surface area contributed by atoms with Gasteiger partial charge in [0, 0.05) is 38.8 Å². The molecule has 0 aromatic heterocycles. The monoisotopic (exact) mass is 286 g/mol. The molecule has 1 unspecified atom stereocenters. The molecule has 1 aliphatic heterocycles. The molecule has 3 rings (SSSR count). The molecule has 2 aliphatic rings. The van der Waals surface area contributed by atoms with Crippen molar-refractivity contribution in [3.8, 4) is 0 Å². The van der Waals surface area contributed by atoms with Crippen molar-refractivity contribution in [2.24, 2.45) is 5.41 Å². The van der Waals surface area contributed by atoms with Gasteiger partial charge in [0.05, 0.1) is 0 Å². The summed E-state index contributed by atoms with van der Waals surface area (Å²) >= 11 is 0. The highest BCUT2D eigenvalue weighted by Gasteiger charge is 2.35. The van der Waals surface area contributed by atoms with Crippen molar-refractivity contribution in [2.75, 3.05) is 32.7 Å². The van der Waals surface area contributed by atoms with Crippen LogP contribution in [0, 0.1) is 5.41 Å². The molecule has 0 amide bonds. The summed E-state index contributed by atoms with van der Waals surface area (Å²) in [5, 5.41) is 0. The fourth-order valence-electron chi connectivity index (χ4n) is 3.99. The summed E-state index contributed by atoms with van der Waals surface area (Å²) in [4.78, 5) is 5.40. The molecule has 1 heterocycles. The van der Waals surface area contributed by atoms with Crippen LogP contribution in [0.15, 0.2) is 30.3 Å². The van der Waals surface area contributed by atoms with Crippen LogP contribution in [0.4, 0.5) is 0 Å². The zero-order valence-electron chi connectivity index (χ0n) is 13.7. The first kappa shape index (κ1) is 15.1. The predicted octanol–water partition coefficient (Wildman–Crippen LogP) is 3.43. The van der Waals surface area contributed by atoms with Crippen molar-refractivity contribution in [3.05, 3.63) is 35.9 Å². The summed E-state index contributed by atoms with van der Waals surface area (Å²) in [5.74, 6) is 0. The number of hydrogen-bond donors (Lipinski definition) is 0. The molecule has 0 N–H and O–H groups in total. The van der Waals surface area contributed by atoms with E-state index in [0.717, 1.165) is 6.04 Å². The van der Waals surface area contributed by atoms with Crippen molar-refractivity contribution < 1.29 is 0 Å². The maximum Gasteiger partial charge on any atom is 0.0113 e. The Morgan fingerprint density at radius 1 is 1.05 bits per heavy atom. The first-order valence-electron chi connectivity index (χ1n) is 8.63. The van der Waals surface area contributed by atoms with E-state index in [4.69, 9.17) is 0 Å². The van der Waals surface area contributed by atoms with E-state index in [-0.39, 0.29) is 0 Å². The lowest BCUT2D eigenvalue weighted by Crippen LogP contribution is -2.50. The van der Waals surface area contributed by atoms with Crippen LogP contribution in [0.2, 0.25) is 0 Å². The molecule has 1 saturated carbocycles. The molecular formula is C19H30N2. The fraction of sp³-hybridized carbons (Fsp3) is 0.684. The molecule has 116 valence electrons. The van der Waals surface area contributed by atoms with Gasteiger partial charge in [-0.05, 0) is 36.7 Å². The third kappa shape index (κ3) is 4.08. The van der Waals surface area contributed by atoms with Crippen molar-refractivity contribution in [3.63, 3.8) is 0 Å². The van der Waals surface area contributed by atoms with E-state index >= 15 is 0 Å². The molecule has 2 fully saturated rings. The van der Waals surface area contributed by atoms with Crippen LogP contribution in [0.25, 0.3) is 0 Å². The maximum absolute atomic E-state index is 2.76. The summed E-state index contributed by atoms with van der Waals surface area (Å²) in [5.41, 5.74) is 2.05. The SMILES string of the molecule is CC1(C)CCC(N2CCN(CCc3ccccc3)CC2)C1. The molecule has 2 nitrogen and oxygen atoms in total.